The molecule has 0 fully saturated rings. The Bertz CT molecular complexity index is 472. The number of aliphatic hydroxyl groups is 1. The Labute approximate surface area is 120 Å². The Morgan fingerprint density at radius 3 is 2.76 bits per heavy atom. The van der Waals surface area contributed by atoms with Gasteiger partial charge in [0.05, 0.1) is 13.2 Å². The van der Waals surface area contributed by atoms with Crippen LogP contribution in [0.2, 0.25) is 0 Å². The van der Waals surface area contributed by atoms with Gasteiger partial charge < -0.3 is 20.1 Å². The number of ether oxygens (including phenoxy) is 1. The van der Waals surface area contributed by atoms with Crippen LogP contribution in [0.1, 0.15) is 12.5 Å². The average Bonchev–Trinajstić information content (AvgIpc) is 2.43. The summed E-state index contributed by atoms with van der Waals surface area (Å²) in [6.45, 7) is -1.40. The number of amides is 2. The maximum atomic E-state index is 13.7. The van der Waals surface area contributed by atoms with Gasteiger partial charge in [-0.15, -0.1) is 0 Å². The number of carbonyl (C=O) groups excluding carboxylic acids is 1. The van der Waals surface area contributed by atoms with E-state index in [4.69, 9.17) is 5.11 Å². The van der Waals surface area contributed by atoms with E-state index in [0.717, 1.165) is 6.07 Å². The molecule has 0 radical (unpaired) electrons. The Balaban J connectivity index is 2.76. The Morgan fingerprint density at radius 1 is 1.48 bits per heavy atom. The lowest BCUT2D eigenvalue weighted by atomic mass is 10.2. The van der Waals surface area contributed by atoms with Gasteiger partial charge in [-0.05, 0) is 19.1 Å². The molecule has 8 heteroatoms. The molecule has 1 rings (SSSR count). The minimum Gasteiger partial charge on any atom is -0.434 e. The third-order valence-corrected chi connectivity index (χ3v) is 2.75. The first-order chi connectivity index (χ1) is 9.99. The van der Waals surface area contributed by atoms with Crippen LogP contribution in [-0.2, 0) is 6.54 Å². The van der Waals surface area contributed by atoms with E-state index in [-0.39, 0.29) is 31.0 Å². The van der Waals surface area contributed by atoms with Crippen LogP contribution in [0, 0.1) is 5.82 Å². The fourth-order valence-electron chi connectivity index (χ4n) is 1.72. The molecule has 0 spiro atoms. The second-order valence-corrected chi connectivity index (χ2v) is 4.06. The molecule has 5 nitrogen and oxygen atoms in total. The van der Waals surface area contributed by atoms with Crippen LogP contribution in [0.5, 0.6) is 5.75 Å². The van der Waals surface area contributed by atoms with Crippen LogP contribution in [0.25, 0.3) is 0 Å². The minimum absolute atomic E-state index is 0.125. The first-order valence-corrected chi connectivity index (χ1v) is 6.35. The lowest BCUT2D eigenvalue weighted by Crippen LogP contribution is -2.41. The number of halogens is 3. The highest BCUT2D eigenvalue weighted by Gasteiger charge is 2.16. The van der Waals surface area contributed by atoms with Crippen molar-refractivity contribution in [3.05, 3.63) is 29.6 Å². The van der Waals surface area contributed by atoms with Gasteiger partial charge in [0.2, 0.25) is 0 Å². The zero-order valence-corrected chi connectivity index (χ0v) is 11.5. The molecular formula is C13H17F3N2O3. The molecule has 0 saturated heterocycles. The first kappa shape index (κ1) is 17.1. The molecule has 1 aromatic carbocycles. The van der Waals surface area contributed by atoms with Gasteiger partial charge in [-0.2, -0.15) is 8.78 Å². The van der Waals surface area contributed by atoms with Crippen LogP contribution in [-0.4, -0.2) is 42.3 Å². The van der Waals surface area contributed by atoms with Gasteiger partial charge in [0.25, 0.3) is 0 Å². The molecule has 0 atom stereocenters. The molecule has 0 aliphatic carbocycles. The van der Waals surface area contributed by atoms with Gasteiger partial charge in [-0.25, -0.2) is 9.18 Å². The topological polar surface area (TPSA) is 61.8 Å². The first-order valence-electron chi connectivity index (χ1n) is 6.35. The number of alkyl halides is 2. The summed E-state index contributed by atoms with van der Waals surface area (Å²) in [5.41, 5.74) is -0.161. The zero-order valence-electron chi connectivity index (χ0n) is 11.5. The molecule has 0 aliphatic rings. The number of urea groups is 1. The van der Waals surface area contributed by atoms with Crippen LogP contribution in [0.3, 0.4) is 0 Å². The molecule has 2 amide bonds. The second-order valence-electron chi connectivity index (χ2n) is 4.06. The van der Waals surface area contributed by atoms with E-state index >= 15 is 0 Å². The van der Waals surface area contributed by atoms with E-state index in [1.54, 1.807) is 6.92 Å². The standard InChI is InChI=1S/C13H17F3N2O3/c1-2-18(6-7-19)13(20)17-8-9-10(14)4-3-5-11(9)21-12(15)16/h3-5,12,19H,2,6-8H2,1H3,(H,17,20). The van der Waals surface area contributed by atoms with Crippen molar-refractivity contribution in [1.29, 1.82) is 0 Å². The number of aliphatic hydroxyl groups excluding tert-OH is 1. The number of hydrogen-bond donors (Lipinski definition) is 2. The van der Waals surface area contributed by atoms with Crippen molar-refractivity contribution in [1.82, 2.24) is 10.2 Å². The van der Waals surface area contributed by atoms with Crippen molar-refractivity contribution in [2.75, 3.05) is 19.7 Å². The summed E-state index contributed by atoms with van der Waals surface area (Å²) in [4.78, 5) is 13.1. The summed E-state index contributed by atoms with van der Waals surface area (Å²) < 4.78 is 42.4. The maximum Gasteiger partial charge on any atom is 0.387 e. The largest absolute Gasteiger partial charge is 0.434 e. The number of carbonyl (C=O) groups is 1. The third kappa shape index (κ3) is 5.14. The molecule has 0 bridgehead atoms. The van der Waals surface area contributed by atoms with Gasteiger partial charge in [-0.3, -0.25) is 0 Å². The maximum absolute atomic E-state index is 13.7. The van der Waals surface area contributed by atoms with Crippen LogP contribution < -0.4 is 10.1 Å². The highest BCUT2D eigenvalue weighted by molar-refractivity contribution is 5.74. The molecular weight excluding hydrogens is 289 g/mol. The molecule has 0 aromatic heterocycles. The van der Waals surface area contributed by atoms with Gasteiger partial charge in [0.15, 0.2) is 0 Å². The van der Waals surface area contributed by atoms with Gasteiger partial charge >= 0.3 is 12.6 Å². The van der Waals surface area contributed by atoms with Crippen molar-refractivity contribution < 1.29 is 27.8 Å². The summed E-state index contributed by atoms with van der Waals surface area (Å²) >= 11 is 0. The zero-order chi connectivity index (χ0) is 15.8. The van der Waals surface area contributed by atoms with Gasteiger partial charge in [-0.1, -0.05) is 6.07 Å². The molecule has 0 aliphatic heterocycles. The number of benzene rings is 1. The second kappa shape index (κ2) is 8.35. The Kier molecular flexibility index (Phi) is 6.80. The van der Waals surface area contributed by atoms with Crippen molar-refractivity contribution in [3.8, 4) is 5.75 Å². The molecule has 1 aromatic rings. The number of hydrogen-bond acceptors (Lipinski definition) is 3. The predicted octanol–water partition coefficient (Wildman–Crippen LogP) is 1.95. The monoisotopic (exact) mass is 306 g/mol. The summed E-state index contributed by atoms with van der Waals surface area (Å²) in [7, 11) is 0. The van der Waals surface area contributed by atoms with E-state index in [2.05, 4.69) is 10.1 Å². The average molecular weight is 306 g/mol. The van der Waals surface area contributed by atoms with Crippen molar-refractivity contribution in [3.63, 3.8) is 0 Å². The highest BCUT2D eigenvalue weighted by atomic mass is 19.3. The highest BCUT2D eigenvalue weighted by Crippen LogP contribution is 2.23. The van der Waals surface area contributed by atoms with E-state index < -0.39 is 18.5 Å². The fourth-order valence-corrected chi connectivity index (χ4v) is 1.72. The van der Waals surface area contributed by atoms with Crippen LogP contribution >= 0.6 is 0 Å². The smallest absolute Gasteiger partial charge is 0.387 e. The molecule has 0 heterocycles. The van der Waals surface area contributed by atoms with E-state index in [1.807, 2.05) is 0 Å². The predicted molar refractivity (Wildman–Crippen MR) is 69.6 cm³/mol. The summed E-state index contributed by atoms with van der Waals surface area (Å²) in [5.74, 6) is -1.07. The number of rotatable bonds is 7. The lowest BCUT2D eigenvalue weighted by Gasteiger charge is -2.20. The fraction of sp³-hybridized carbons (Fsp3) is 0.462. The third-order valence-electron chi connectivity index (χ3n) is 2.75. The quantitative estimate of drug-likeness (QED) is 0.809. The number of likely N-dealkylation sites (N-methyl/N-ethyl adjacent to an activating group) is 1. The van der Waals surface area contributed by atoms with E-state index in [9.17, 15) is 18.0 Å². The molecule has 0 saturated carbocycles. The summed E-state index contributed by atoms with van der Waals surface area (Å²) in [6.07, 6.45) is 0. The number of nitrogens with zero attached hydrogens (tertiary/aromatic N) is 1. The molecule has 2 N–H and O–H groups in total. The van der Waals surface area contributed by atoms with Crippen molar-refractivity contribution in [2.45, 2.75) is 20.1 Å². The van der Waals surface area contributed by atoms with E-state index in [1.165, 1.54) is 17.0 Å². The van der Waals surface area contributed by atoms with Crippen LogP contribution in [0.4, 0.5) is 18.0 Å². The molecule has 21 heavy (non-hydrogen) atoms. The molecule has 118 valence electrons. The Hall–Kier alpha value is -1.96. The normalized spacial score (nSPS) is 10.6. The molecule has 0 unspecified atom stereocenters. The number of nitrogens with one attached hydrogen (secondary N) is 1. The summed E-state index contributed by atoms with van der Waals surface area (Å²) in [6, 6.07) is 2.99. The Morgan fingerprint density at radius 2 is 2.19 bits per heavy atom. The SMILES string of the molecule is CCN(CCO)C(=O)NCc1c(F)cccc1OC(F)F. The van der Waals surface area contributed by atoms with Crippen LogP contribution in [0.15, 0.2) is 18.2 Å². The van der Waals surface area contributed by atoms with Gasteiger partial charge in [0, 0.05) is 18.7 Å². The minimum atomic E-state index is -3.08. The van der Waals surface area contributed by atoms with E-state index in [0.29, 0.717) is 6.54 Å². The lowest BCUT2D eigenvalue weighted by molar-refractivity contribution is -0.0506. The van der Waals surface area contributed by atoms with Crippen molar-refractivity contribution in [2.24, 2.45) is 0 Å². The summed E-state index contributed by atoms with van der Waals surface area (Å²) in [5, 5.41) is 11.2. The van der Waals surface area contributed by atoms with Crippen molar-refractivity contribution >= 4 is 6.03 Å². The van der Waals surface area contributed by atoms with Gasteiger partial charge in [0.1, 0.15) is 11.6 Å².